The number of aromatic nitrogens is 1. The Morgan fingerprint density at radius 1 is 0.964 bits per heavy atom. The zero-order valence-electron chi connectivity index (χ0n) is 17.4. The monoisotopic (exact) mass is 396 g/mol. The number of hydrogen-bond acceptors (Lipinski definition) is 4. The van der Waals surface area contributed by atoms with Crippen LogP contribution in [0.2, 0.25) is 0 Å². The molecule has 3 aromatic rings. The predicted molar refractivity (Wildman–Crippen MR) is 118 cm³/mol. The normalized spacial score (nSPS) is 11.5. The average Bonchev–Trinajstić information content (AvgIpc) is 3.12. The molecule has 4 nitrogen and oxygen atoms in total. The van der Waals surface area contributed by atoms with Crippen molar-refractivity contribution in [3.05, 3.63) is 58.9 Å². The van der Waals surface area contributed by atoms with Gasteiger partial charge >= 0.3 is 0 Å². The molecule has 0 aliphatic carbocycles. The van der Waals surface area contributed by atoms with Crippen LogP contribution in [0.15, 0.2) is 53.4 Å². The number of nitrogens with one attached hydrogen (secondary N) is 1. The van der Waals surface area contributed by atoms with Gasteiger partial charge in [0.1, 0.15) is 0 Å². The van der Waals surface area contributed by atoms with Gasteiger partial charge < -0.3 is 5.32 Å². The van der Waals surface area contributed by atoms with Gasteiger partial charge in [0.05, 0.1) is 11.2 Å². The van der Waals surface area contributed by atoms with Crippen LogP contribution in [0.1, 0.15) is 51.9 Å². The molecule has 1 aromatic carbocycles. The molecule has 0 radical (unpaired) electrons. The van der Waals surface area contributed by atoms with Crippen LogP contribution >= 0.6 is 11.3 Å². The first-order valence-corrected chi connectivity index (χ1v) is 10.2. The number of rotatable bonds is 2. The number of pyridine rings is 1. The van der Waals surface area contributed by atoms with Crippen molar-refractivity contribution in [3.63, 3.8) is 0 Å². The van der Waals surface area contributed by atoms with E-state index in [1.807, 2.05) is 88.7 Å². The standard InChI is InChI=1S/C14H15NO.C9H13NOS/c1-14(2,3)13(16)11-6-7-12-10(9-11)5-4-8-15-12;1-9(2,3)8(11)10-7-4-5-12-6-7/h4-9H,1-3H3;4-6H,1-3H3,(H,10,11). The molecule has 2 aromatic heterocycles. The Bertz CT molecular complexity index is 949. The largest absolute Gasteiger partial charge is 0.325 e. The van der Waals surface area contributed by atoms with Crippen LogP contribution in [-0.4, -0.2) is 16.7 Å². The number of hydrogen-bond donors (Lipinski definition) is 1. The molecule has 0 fully saturated rings. The molecule has 0 aliphatic rings. The number of fused-ring (bicyclic) bond motifs is 1. The summed E-state index contributed by atoms with van der Waals surface area (Å²) in [7, 11) is 0. The smallest absolute Gasteiger partial charge is 0.229 e. The van der Waals surface area contributed by atoms with E-state index in [1.54, 1.807) is 17.5 Å². The third-order valence-electron chi connectivity index (χ3n) is 4.01. The fourth-order valence-corrected chi connectivity index (χ4v) is 2.89. The first-order chi connectivity index (χ1) is 13.0. The summed E-state index contributed by atoms with van der Waals surface area (Å²) < 4.78 is 0. The van der Waals surface area contributed by atoms with Crippen LogP contribution in [0.25, 0.3) is 10.9 Å². The average molecular weight is 397 g/mol. The summed E-state index contributed by atoms with van der Waals surface area (Å²) in [6, 6.07) is 11.4. The van der Waals surface area contributed by atoms with E-state index >= 15 is 0 Å². The quantitative estimate of drug-likeness (QED) is 0.525. The number of nitrogens with zero attached hydrogens (tertiary/aromatic N) is 1. The molecule has 28 heavy (non-hydrogen) atoms. The summed E-state index contributed by atoms with van der Waals surface area (Å²) in [6.07, 6.45) is 1.76. The summed E-state index contributed by atoms with van der Waals surface area (Å²) in [5.41, 5.74) is 1.92. The molecule has 1 amide bonds. The molecule has 0 saturated heterocycles. The molecule has 5 heteroatoms. The zero-order valence-corrected chi connectivity index (χ0v) is 18.2. The number of carbonyl (C=O) groups is 2. The molecular weight excluding hydrogens is 368 g/mol. The molecule has 0 unspecified atom stereocenters. The van der Waals surface area contributed by atoms with Crippen LogP contribution in [0.5, 0.6) is 0 Å². The first kappa shape index (κ1) is 21.8. The lowest BCUT2D eigenvalue weighted by atomic mass is 9.86. The summed E-state index contributed by atoms with van der Waals surface area (Å²) in [4.78, 5) is 27.7. The van der Waals surface area contributed by atoms with Crippen molar-refractivity contribution in [1.29, 1.82) is 0 Å². The van der Waals surface area contributed by atoms with Gasteiger partial charge in [-0.2, -0.15) is 11.3 Å². The zero-order chi connectivity index (χ0) is 20.9. The van der Waals surface area contributed by atoms with Gasteiger partial charge in [-0.15, -0.1) is 0 Å². The Morgan fingerprint density at radius 2 is 1.68 bits per heavy atom. The fraction of sp³-hybridized carbons (Fsp3) is 0.348. The van der Waals surface area contributed by atoms with E-state index in [1.165, 1.54) is 0 Å². The molecular formula is C23H28N2O2S. The van der Waals surface area contributed by atoms with Gasteiger partial charge in [0, 0.05) is 33.4 Å². The Balaban J connectivity index is 0.000000209. The number of anilines is 1. The molecule has 0 atom stereocenters. The third-order valence-corrected chi connectivity index (χ3v) is 4.69. The molecule has 2 heterocycles. The maximum Gasteiger partial charge on any atom is 0.229 e. The Labute approximate surface area is 171 Å². The molecule has 0 bridgehead atoms. The highest BCUT2D eigenvalue weighted by Crippen LogP contribution is 2.23. The van der Waals surface area contributed by atoms with Crippen LogP contribution in [-0.2, 0) is 4.79 Å². The van der Waals surface area contributed by atoms with Crippen molar-refractivity contribution in [2.75, 3.05) is 5.32 Å². The van der Waals surface area contributed by atoms with E-state index in [4.69, 9.17) is 0 Å². The van der Waals surface area contributed by atoms with E-state index in [0.717, 1.165) is 22.2 Å². The highest BCUT2D eigenvalue weighted by molar-refractivity contribution is 7.08. The lowest BCUT2D eigenvalue weighted by molar-refractivity contribution is -0.123. The van der Waals surface area contributed by atoms with Crippen LogP contribution in [0, 0.1) is 10.8 Å². The van der Waals surface area contributed by atoms with Crippen molar-refractivity contribution in [3.8, 4) is 0 Å². The lowest BCUT2D eigenvalue weighted by Crippen LogP contribution is -2.27. The number of Topliss-reactive ketones (excluding diaryl/α,β-unsaturated/α-hetero) is 1. The maximum atomic E-state index is 12.1. The van der Waals surface area contributed by atoms with Gasteiger partial charge in [-0.25, -0.2) is 0 Å². The SMILES string of the molecule is CC(C)(C)C(=O)Nc1ccsc1.CC(C)(C)C(=O)c1ccc2ncccc2c1. The van der Waals surface area contributed by atoms with Crippen molar-refractivity contribution in [2.45, 2.75) is 41.5 Å². The number of thiophene rings is 1. The number of carbonyl (C=O) groups excluding carboxylic acids is 2. The van der Waals surface area contributed by atoms with E-state index in [2.05, 4.69) is 10.3 Å². The molecule has 0 aliphatic heterocycles. The second-order valence-corrected chi connectivity index (χ2v) is 9.49. The van der Waals surface area contributed by atoms with Crippen molar-refractivity contribution < 1.29 is 9.59 Å². The Hall–Kier alpha value is -2.53. The summed E-state index contributed by atoms with van der Waals surface area (Å²) in [5, 5.41) is 7.71. The van der Waals surface area contributed by atoms with Crippen molar-refractivity contribution in [2.24, 2.45) is 10.8 Å². The van der Waals surface area contributed by atoms with Crippen LogP contribution in [0.3, 0.4) is 0 Å². The van der Waals surface area contributed by atoms with E-state index < -0.39 is 0 Å². The molecule has 148 valence electrons. The minimum absolute atomic E-state index is 0.0564. The summed E-state index contributed by atoms with van der Waals surface area (Å²) >= 11 is 1.58. The minimum Gasteiger partial charge on any atom is -0.325 e. The Morgan fingerprint density at radius 3 is 2.25 bits per heavy atom. The van der Waals surface area contributed by atoms with Gasteiger partial charge in [0.15, 0.2) is 5.78 Å². The molecule has 1 N–H and O–H groups in total. The number of benzene rings is 1. The highest BCUT2D eigenvalue weighted by Gasteiger charge is 2.23. The molecule has 3 rings (SSSR count). The lowest BCUT2D eigenvalue weighted by Gasteiger charge is -2.16. The summed E-state index contributed by atoms with van der Waals surface area (Å²) in [6.45, 7) is 11.5. The second-order valence-electron chi connectivity index (χ2n) is 8.71. The molecule has 0 saturated carbocycles. The Kier molecular flexibility index (Phi) is 6.73. The van der Waals surface area contributed by atoms with Crippen LogP contribution < -0.4 is 5.32 Å². The van der Waals surface area contributed by atoms with Gasteiger partial charge in [-0.1, -0.05) is 47.6 Å². The van der Waals surface area contributed by atoms with Gasteiger partial charge in [-0.05, 0) is 35.7 Å². The first-order valence-electron chi connectivity index (χ1n) is 9.22. The predicted octanol–water partition coefficient (Wildman–Crippen LogP) is 6.20. The number of ketones is 1. The van der Waals surface area contributed by atoms with Gasteiger partial charge in [-0.3, -0.25) is 14.6 Å². The maximum absolute atomic E-state index is 12.1. The second kappa shape index (κ2) is 8.65. The summed E-state index contributed by atoms with van der Waals surface area (Å²) in [5.74, 6) is 0.221. The molecule has 0 spiro atoms. The third kappa shape index (κ3) is 5.99. The van der Waals surface area contributed by atoms with Crippen molar-refractivity contribution >= 4 is 39.6 Å². The highest BCUT2D eigenvalue weighted by atomic mass is 32.1. The minimum atomic E-state index is -0.337. The van der Waals surface area contributed by atoms with Gasteiger partial charge in [0.2, 0.25) is 5.91 Å². The van der Waals surface area contributed by atoms with E-state index in [-0.39, 0.29) is 22.5 Å². The van der Waals surface area contributed by atoms with E-state index in [9.17, 15) is 9.59 Å². The van der Waals surface area contributed by atoms with Crippen molar-refractivity contribution in [1.82, 2.24) is 4.98 Å². The fourth-order valence-electron chi connectivity index (χ4n) is 2.30. The van der Waals surface area contributed by atoms with Gasteiger partial charge in [0.25, 0.3) is 0 Å². The van der Waals surface area contributed by atoms with E-state index in [0.29, 0.717) is 0 Å². The topological polar surface area (TPSA) is 59.1 Å². The number of amides is 1. The van der Waals surface area contributed by atoms with Crippen LogP contribution in [0.4, 0.5) is 5.69 Å².